The van der Waals surface area contributed by atoms with Gasteiger partial charge in [0.1, 0.15) is 12.3 Å². The van der Waals surface area contributed by atoms with Crippen LogP contribution in [0.25, 0.3) is 0 Å². The summed E-state index contributed by atoms with van der Waals surface area (Å²) in [5, 5.41) is 12.5. The van der Waals surface area contributed by atoms with Gasteiger partial charge >= 0.3 is 0 Å². The van der Waals surface area contributed by atoms with Crippen LogP contribution in [0.1, 0.15) is 42.1 Å². The predicted molar refractivity (Wildman–Crippen MR) is 108 cm³/mol. The molecule has 1 aliphatic rings. The van der Waals surface area contributed by atoms with Crippen molar-refractivity contribution in [3.63, 3.8) is 0 Å². The molecule has 4 rings (SSSR count). The van der Waals surface area contributed by atoms with Crippen LogP contribution >= 0.6 is 0 Å². The molecule has 0 bridgehead atoms. The van der Waals surface area contributed by atoms with E-state index in [4.69, 9.17) is 4.42 Å². The average Bonchev–Trinajstić information content (AvgIpc) is 3.38. The van der Waals surface area contributed by atoms with Crippen LogP contribution in [0, 0.1) is 13.8 Å². The summed E-state index contributed by atoms with van der Waals surface area (Å²) >= 11 is 0. The third kappa shape index (κ3) is 3.67. The highest BCUT2D eigenvalue weighted by Gasteiger charge is 2.28. The SMILES string of the molecule is CCC(c1nnnn1Cc1ccco1)N1CCN(c2cccc(C)c2C)CC1. The molecule has 1 aliphatic heterocycles. The van der Waals surface area contributed by atoms with Crippen molar-refractivity contribution in [1.82, 2.24) is 25.1 Å². The van der Waals surface area contributed by atoms with E-state index in [9.17, 15) is 0 Å². The highest BCUT2D eigenvalue weighted by Crippen LogP contribution is 2.28. The Kier molecular flexibility index (Phi) is 5.43. The number of rotatable bonds is 6. The maximum Gasteiger partial charge on any atom is 0.168 e. The highest BCUT2D eigenvalue weighted by molar-refractivity contribution is 5.56. The molecular weight excluding hydrogens is 352 g/mol. The largest absolute Gasteiger partial charge is 0.467 e. The van der Waals surface area contributed by atoms with E-state index < -0.39 is 0 Å². The number of hydrogen-bond acceptors (Lipinski definition) is 6. The summed E-state index contributed by atoms with van der Waals surface area (Å²) in [4.78, 5) is 5.00. The van der Waals surface area contributed by atoms with Crippen molar-refractivity contribution >= 4 is 5.69 Å². The molecule has 7 nitrogen and oxygen atoms in total. The van der Waals surface area contributed by atoms with Crippen molar-refractivity contribution in [1.29, 1.82) is 0 Å². The smallest absolute Gasteiger partial charge is 0.168 e. The van der Waals surface area contributed by atoms with E-state index in [1.165, 1.54) is 16.8 Å². The molecule has 1 unspecified atom stereocenters. The number of benzene rings is 1. The lowest BCUT2D eigenvalue weighted by Gasteiger charge is -2.40. The topological polar surface area (TPSA) is 63.2 Å². The number of piperazine rings is 1. The first-order valence-electron chi connectivity index (χ1n) is 10.0. The quantitative estimate of drug-likeness (QED) is 0.654. The number of aryl methyl sites for hydroxylation is 1. The molecule has 1 aromatic carbocycles. The molecule has 1 saturated heterocycles. The van der Waals surface area contributed by atoms with E-state index in [-0.39, 0.29) is 6.04 Å². The molecule has 2 aromatic heterocycles. The molecule has 0 spiro atoms. The highest BCUT2D eigenvalue weighted by atomic mass is 16.3. The number of nitrogens with zero attached hydrogens (tertiary/aromatic N) is 6. The molecule has 1 atom stereocenters. The van der Waals surface area contributed by atoms with Gasteiger partial charge in [0.25, 0.3) is 0 Å². The van der Waals surface area contributed by atoms with E-state index in [0.717, 1.165) is 44.2 Å². The first-order chi connectivity index (χ1) is 13.7. The fourth-order valence-corrected chi connectivity index (χ4v) is 4.07. The molecule has 7 heteroatoms. The summed E-state index contributed by atoms with van der Waals surface area (Å²) in [6.07, 6.45) is 2.66. The van der Waals surface area contributed by atoms with Gasteiger partial charge in [-0.25, -0.2) is 4.68 Å². The zero-order valence-electron chi connectivity index (χ0n) is 16.9. The van der Waals surface area contributed by atoms with E-state index in [1.54, 1.807) is 6.26 Å². The second-order valence-electron chi connectivity index (χ2n) is 7.44. The lowest BCUT2D eigenvalue weighted by Crippen LogP contribution is -2.48. The number of hydrogen-bond donors (Lipinski definition) is 0. The van der Waals surface area contributed by atoms with Crippen LogP contribution in [-0.4, -0.2) is 51.3 Å². The molecule has 0 N–H and O–H groups in total. The monoisotopic (exact) mass is 380 g/mol. The van der Waals surface area contributed by atoms with Gasteiger partial charge in [0.05, 0.1) is 12.3 Å². The second kappa shape index (κ2) is 8.14. The van der Waals surface area contributed by atoms with Gasteiger partial charge in [-0.15, -0.1) is 5.10 Å². The first kappa shape index (κ1) is 18.7. The Morgan fingerprint density at radius 3 is 2.61 bits per heavy atom. The lowest BCUT2D eigenvalue weighted by molar-refractivity contribution is 0.169. The zero-order chi connectivity index (χ0) is 19.5. The Labute approximate surface area is 165 Å². The van der Waals surface area contributed by atoms with E-state index in [2.05, 4.69) is 64.3 Å². The van der Waals surface area contributed by atoms with Crippen molar-refractivity contribution in [3.05, 3.63) is 59.3 Å². The van der Waals surface area contributed by atoms with E-state index >= 15 is 0 Å². The first-order valence-corrected chi connectivity index (χ1v) is 10.0. The van der Waals surface area contributed by atoms with Crippen LogP contribution in [-0.2, 0) is 6.54 Å². The Bertz CT molecular complexity index is 896. The summed E-state index contributed by atoms with van der Waals surface area (Å²) in [5.74, 6) is 1.78. The van der Waals surface area contributed by atoms with Gasteiger partial charge < -0.3 is 9.32 Å². The minimum absolute atomic E-state index is 0.214. The maximum atomic E-state index is 5.47. The average molecular weight is 380 g/mol. The van der Waals surface area contributed by atoms with E-state index in [1.807, 2.05) is 16.8 Å². The summed E-state index contributed by atoms with van der Waals surface area (Å²) in [5.41, 5.74) is 4.09. The standard InChI is InChI=1S/C21H28N6O/c1-4-19(21-22-23-24-27(21)15-18-8-6-14-28-18)25-10-12-26(13-11-25)20-9-5-7-16(2)17(20)3/h5-9,14,19H,4,10-13,15H2,1-3H3. The van der Waals surface area contributed by atoms with Crippen molar-refractivity contribution in [2.75, 3.05) is 31.1 Å². The molecule has 0 aliphatic carbocycles. The predicted octanol–water partition coefficient (Wildman–Crippen LogP) is 3.20. The lowest BCUT2D eigenvalue weighted by atomic mass is 10.1. The second-order valence-corrected chi connectivity index (χ2v) is 7.44. The van der Waals surface area contributed by atoms with Crippen LogP contribution in [0.3, 0.4) is 0 Å². The molecule has 1 fully saturated rings. The fourth-order valence-electron chi connectivity index (χ4n) is 4.07. The molecule has 3 aromatic rings. The molecule has 0 radical (unpaired) electrons. The van der Waals surface area contributed by atoms with Crippen molar-refractivity contribution in [2.24, 2.45) is 0 Å². The van der Waals surface area contributed by atoms with Gasteiger partial charge in [-0.2, -0.15) is 0 Å². The normalized spacial score (nSPS) is 16.5. The van der Waals surface area contributed by atoms with Crippen LogP contribution in [0.2, 0.25) is 0 Å². The van der Waals surface area contributed by atoms with Gasteiger partial charge in [0.15, 0.2) is 5.82 Å². The molecule has 0 saturated carbocycles. The Morgan fingerprint density at radius 2 is 1.89 bits per heavy atom. The zero-order valence-corrected chi connectivity index (χ0v) is 16.9. The minimum atomic E-state index is 0.214. The van der Waals surface area contributed by atoms with Crippen LogP contribution in [0.15, 0.2) is 41.0 Å². The molecule has 3 heterocycles. The van der Waals surface area contributed by atoms with Gasteiger partial charge in [-0.1, -0.05) is 19.1 Å². The Morgan fingerprint density at radius 1 is 1.07 bits per heavy atom. The number of furan rings is 1. The van der Waals surface area contributed by atoms with E-state index in [0.29, 0.717) is 6.54 Å². The molecular formula is C21H28N6O. The summed E-state index contributed by atoms with van der Waals surface area (Å²) in [7, 11) is 0. The molecule has 28 heavy (non-hydrogen) atoms. The van der Waals surface area contributed by atoms with Gasteiger partial charge in [0, 0.05) is 31.9 Å². The molecule has 0 amide bonds. The summed E-state index contributed by atoms with van der Waals surface area (Å²) < 4.78 is 7.33. The summed E-state index contributed by atoms with van der Waals surface area (Å²) in [6, 6.07) is 10.6. The van der Waals surface area contributed by atoms with Gasteiger partial charge in [-0.3, -0.25) is 4.90 Å². The van der Waals surface area contributed by atoms with Gasteiger partial charge in [-0.05, 0) is 60.0 Å². The fraction of sp³-hybridized carbons (Fsp3) is 0.476. The summed E-state index contributed by atoms with van der Waals surface area (Å²) in [6.45, 7) is 11.2. The molecule has 148 valence electrons. The third-order valence-corrected chi connectivity index (χ3v) is 5.80. The van der Waals surface area contributed by atoms with Crippen molar-refractivity contribution in [2.45, 2.75) is 39.8 Å². The van der Waals surface area contributed by atoms with Crippen LogP contribution in [0.5, 0.6) is 0 Å². The van der Waals surface area contributed by atoms with Crippen LogP contribution < -0.4 is 4.90 Å². The number of anilines is 1. The number of tetrazole rings is 1. The number of aromatic nitrogens is 4. The van der Waals surface area contributed by atoms with Crippen molar-refractivity contribution < 1.29 is 4.42 Å². The Hall–Kier alpha value is -2.67. The Balaban J connectivity index is 1.46. The third-order valence-electron chi connectivity index (χ3n) is 5.80. The van der Waals surface area contributed by atoms with Gasteiger partial charge in [0.2, 0.25) is 0 Å². The van der Waals surface area contributed by atoms with Crippen LogP contribution in [0.4, 0.5) is 5.69 Å². The minimum Gasteiger partial charge on any atom is -0.467 e. The maximum absolute atomic E-state index is 5.47. The van der Waals surface area contributed by atoms with Crippen molar-refractivity contribution in [3.8, 4) is 0 Å².